The highest BCUT2D eigenvalue weighted by Gasteiger charge is 2.25. The Hall–Kier alpha value is -1.09. The number of hydrogen-bond acceptors (Lipinski definition) is 2. The van der Waals surface area contributed by atoms with Crippen molar-refractivity contribution in [2.24, 2.45) is 4.99 Å². The van der Waals surface area contributed by atoms with Crippen LogP contribution in [0.4, 0.5) is 4.39 Å². The lowest BCUT2D eigenvalue weighted by Crippen LogP contribution is -2.44. The fraction of sp³-hybridized carbons (Fsp3) is 0.500. The number of guanidine groups is 1. The molecule has 0 aliphatic carbocycles. The van der Waals surface area contributed by atoms with E-state index in [0.717, 1.165) is 18.5 Å². The number of likely N-dealkylation sites (tertiary alicyclic amines) is 1. The molecule has 0 bridgehead atoms. The van der Waals surface area contributed by atoms with Crippen molar-refractivity contribution >= 4 is 47.4 Å². The molecule has 0 aromatic heterocycles. The van der Waals surface area contributed by atoms with Gasteiger partial charge in [-0.3, -0.25) is 9.79 Å². The summed E-state index contributed by atoms with van der Waals surface area (Å²) in [7, 11) is 1.69. The first-order valence-corrected chi connectivity index (χ1v) is 8.10. The van der Waals surface area contributed by atoms with Crippen LogP contribution in [-0.2, 0) is 11.3 Å². The van der Waals surface area contributed by atoms with Crippen LogP contribution in [0.15, 0.2) is 23.2 Å². The molecule has 1 aliphatic heterocycles. The van der Waals surface area contributed by atoms with E-state index in [0.29, 0.717) is 25.5 Å². The zero-order valence-corrected chi connectivity index (χ0v) is 16.9. The molecule has 1 atom stereocenters. The van der Waals surface area contributed by atoms with E-state index in [1.807, 2.05) is 11.8 Å². The predicted molar refractivity (Wildman–Crippen MR) is 105 cm³/mol. The van der Waals surface area contributed by atoms with Gasteiger partial charge in [0.1, 0.15) is 5.82 Å². The molecule has 0 spiro atoms. The number of nitrogens with one attached hydrogen (secondary N) is 2. The Morgan fingerprint density at radius 1 is 1.50 bits per heavy atom. The zero-order chi connectivity index (χ0) is 16.8. The minimum absolute atomic E-state index is 0. The van der Waals surface area contributed by atoms with Crippen LogP contribution in [0.1, 0.15) is 25.3 Å². The lowest BCUT2D eigenvalue weighted by atomic mass is 10.2. The van der Waals surface area contributed by atoms with Crippen LogP contribution in [0.2, 0.25) is 5.02 Å². The molecule has 24 heavy (non-hydrogen) atoms. The van der Waals surface area contributed by atoms with Crippen molar-refractivity contribution in [1.29, 1.82) is 0 Å². The Balaban J connectivity index is 0.00000288. The molecule has 1 aliphatic rings. The largest absolute Gasteiger partial charge is 0.352 e. The molecule has 0 saturated carbocycles. The number of carbonyl (C=O) groups is 1. The second-order valence-electron chi connectivity index (χ2n) is 5.50. The summed E-state index contributed by atoms with van der Waals surface area (Å²) in [5.41, 5.74) is 0.869. The summed E-state index contributed by atoms with van der Waals surface area (Å²) in [4.78, 5) is 17.7. The predicted octanol–water partition coefficient (Wildman–Crippen LogP) is 2.77. The summed E-state index contributed by atoms with van der Waals surface area (Å²) in [6, 6.07) is 4.81. The average Bonchev–Trinajstić information content (AvgIpc) is 3.02. The van der Waals surface area contributed by atoms with Crippen molar-refractivity contribution in [2.75, 3.05) is 20.1 Å². The highest BCUT2D eigenvalue weighted by molar-refractivity contribution is 14.0. The lowest BCUT2D eigenvalue weighted by molar-refractivity contribution is -0.129. The maximum Gasteiger partial charge on any atom is 0.222 e. The SMILES string of the molecule is CCC(=O)N1CCC(NC(=NC)NCc2ccc(F)c(Cl)c2)C1.I. The number of halogens is 3. The van der Waals surface area contributed by atoms with Gasteiger partial charge in [0.25, 0.3) is 0 Å². The molecule has 5 nitrogen and oxygen atoms in total. The van der Waals surface area contributed by atoms with E-state index >= 15 is 0 Å². The van der Waals surface area contributed by atoms with Crippen LogP contribution in [-0.4, -0.2) is 42.9 Å². The lowest BCUT2D eigenvalue weighted by Gasteiger charge is -2.18. The van der Waals surface area contributed by atoms with E-state index in [4.69, 9.17) is 11.6 Å². The number of carbonyl (C=O) groups excluding carboxylic acids is 1. The van der Waals surface area contributed by atoms with E-state index in [2.05, 4.69) is 15.6 Å². The fourth-order valence-electron chi connectivity index (χ4n) is 2.55. The molecule has 1 aromatic rings. The minimum Gasteiger partial charge on any atom is -0.352 e. The first kappa shape index (κ1) is 21.0. The summed E-state index contributed by atoms with van der Waals surface area (Å²) in [6.07, 6.45) is 1.43. The molecular weight excluding hydrogens is 446 g/mol. The van der Waals surface area contributed by atoms with Crippen molar-refractivity contribution in [3.05, 3.63) is 34.6 Å². The Morgan fingerprint density at radius 2 is 2.25 bits per heavy atom. The topological polar surface area (TPSA) is 56.7 Å². The zero-order valence-electron chi connectivity index (χ0n) is 13.8. The third-order valence-electron chi connectivity index (χ3n) is 3.85. The van der Waals surface area contributed by atoms with Gasteiger partial charge in [-0.05, 0) is 24.1 Å². The first-order chi connectivity index (χ1) is 11.0. The van der Waals surface area contributed by atoms with Crippen molar-refractivity contribution in [3.8, 4) is 0 Å². The second-order valence-corrected chi connectivity index (χ2v) is 5.90. The molecule has 1 saturated heterocycles. The first-order valence-electron chi connectivity index (χ1n) is 7.72. The normalized spacial score (nSPS) is 17.4. The van der Waals surface area contributed by atoms with Gasteiger partial charge in [0.15, 0.2) is 5.96 Å². The Labute approximate surface area is 164 Å². The van der Waals surface area contributed by atoms with Crippen LogP contribution in [0.25, 0.3) is 0 Å². The molecule has 1 aromatic carbocycles. The van der Waals surface area contributed by atoms with Gasteiger partial charge < -0.3 is 15.5 Å². The quantitative estimate of drug-likeness (QED) is 0.406. The van der Waals surface area contributed by atoms with Gasteiger partial charge in [-0.25, -0.2) is 4.39 Å². The molecule has 2 N–H and O–H groups in total. The standard InChI is InChI=1S/C16H22ClFN4O.HI/c1-3-15(23)22-7-6-12(10-22)21-16(19-2)20-9-11-4-5-14(18)13(17)8-11;/h4-5,8,12H,3,6-7,9-10H2,1-2H3,(H2,19,20,21);1H. The minimum atomic E-state index is -0.426. The molecule has 2 rings (SSSR count). The molecular formula is C16H23ClFIN4O. The van der Waals surface area contributed by atoms with E-state index in [1.54, 1.807) is 19.2 Å². The van der Waals surface area contributed by atoms with Gasteiger partial charge in [-0.2, -0.15) is 0 Å². The van der Waals surface area contributed by atoms with Crippen molar-refractivity contribution in [1.82, 2.24) is 15.5 Å². The van der Waals surface area contributed by atoms with Crippen LogP contribution in [0.3, 0.4) is 0 Å². The molecule has 134 valence electrons. The van der Waals surface area contributed by atoms with E-state index in [1.165, 1.54) is 6.07 Å². The Bertz CT molecular complexity index is 599. The van der Waals surface area contributed by atoms with Crippen LogP contribution in [0, 0.1) is 5.82 Å². The fourth-order valence-corrected chi connectivity index (χ4v) is 2.75. The third kappa shape index (κ3) is 5.77. The molecule has 1 unspecified atom stereocenters. The molecule has 1 fully saturated rings. The molecule has 1 heterocycles. The van der Waals surface area contributed by atoms with Gasteiger partial charge in [0.05, 0.1) is 5.02 Å². The summed E-state index contributed by atoms with van der Waals surface area (Å²) >= 11 is 5.77. The van der Waals surface area contributed by atoms with E-state index in [9.17, 15) is 9.18 Å². The van der Waals surface area contributed by atoms with Crippen molar-refractivity contribution in [2.45, 2.75) is 32.4 Å². The number of rotatable bonds is 4. The highest BCUT2D eigenvalue weighted by atomic mass is 127. The maximum atomic E-state index is 13.1. The average molecular weight is 469 g/mol. The molecule has 8 heteroatoms. The highest BCUT2D eigenvalue weighted by Crippen LogP contribution is 2.16. The summed E-state index contributed by atoms with van der Waals surface area (Å²) < 4.78 is 13.1. The van der Waals surface area contributed by atoms with E-state index in [-0.39, 0.29) is 40.9 Å². The van der Waals surface area contributed by atoms with Gasteiger partial charge in [-0.15, -0.1) is 24.0 Å². The number of amides is 1. The number of aliphatic imine (C=N–C) groups is 1. The van der Waals surface area contributed by atoms with Gasteiger partial charge in [-0.1, -0.05) is 24.6 Å². The molecule has 0 radical (unpaired) electrons. The van der Waals surface area contributed by atoms with Crippen molar-refractivity contribution in [3.63, 3.8) is 0 Å². The van der Waals surface area contributed by atoms with E-state index < -0.39 is 5.82 Å². The van der Waals surface area contributed by atoms with Gasteiger partial charge >= 0.3 is 0 Å². The van der Waals surface area contributed by atoms with Gasteiger partial charge in [0.2, 0.25) is 5.91 Å². The number of benzene rings is 1. The van der Waals surface area contributed by atoms with Crippen LogP contribution < -0.4 is 10.6 Å². The second kappa shape index (κ2) is 10.0. The molecule has 1 amide bonds. The number of nitrogens with zero attached hydrogens (tertiary/aromatic N) is 2. The van der Waals surface area contributed by atoms with Crippen LogP contribution in [0.5, 0.6) is 0 Å². The summed E-state index contributed by atoms with van der Waals surface area (Å²) in [5.74, 6) is 0.406. The monoisotopic (exact) mass is 468 g/mol. The third-order valence-corrected chi connectivity index (χ3v) is 4.14. The van der Waals surface area contributed by atoms with Crippen molar-refractivity contribution < 1.29 is 9.18 Å². The Morgan fingerprint density at radius 3 is 2.88 bits per heavy atom. The number of hydrogen-bond donors (Lipinski definition) is 2. The smallest absolute Gasteiger partial charge is 0.222 e. The summed E-state index contributed by atoms with van der Waals surface area (Å²) in [5, 5.41) is 6.59. The Kier molecular flexibility index (Phi) is 8.75. The van der Waals surface area contributed by atoms with Gasteiger partial charge in [0, 0.05) is 39.1 Å². The van der Waals surface area contributed by atoms with Crippen LogP contribution >= 0.6 is 35.6 Å². The maximum absolute atomic E-state index is 13.1. The summed E-state index contributed by atoms with van der Waals surface area (Å²) in [6.45, 7) is 3.83.